The molecule has 0 unspecified atom stereocenters. The van der Waals surface area contributed by atoms with Crippen LogP contribution < -0.4 is 5.90 Å². The lowest BCUT2D eigenvalue weighted by Crippen LogP contribution is -2.44. The number of nitrogens with zero attached hydrogens (tertiary/aromatic N) is 4. The number of hydrogen-bond donors (Lipinski definition) is 1. The number of hydrogen-bond acceptors (Lipinski definition) is 6. The van der Waals surface area contributed by atoms with E-state index in [0.29, 0.717) is 5.69 Å². The largest absolute Gasteiger partial charge is 0.329 e. The number of oxime groups is 1. The third-order valence-corrected chi connectivity index (χ3v) is 4.66. The number of carbonyl (C=O) groups is 1. The predicted molar refractivity (Wildman–Crippen MR) is 72.7 cm³/mol. The Morgan fingerprint density at radius 1 is 1.60 bits per heavy atom. The molecule has 0 spiro atoms. The highest BCUT2D eigenvalue weighted by molar-refractivity contribution is 7.12. The van der Waals surface area contributed by atoms with Gasteiger partial charge in [0, 0.05) is 6.54 Å². The van der Waals surface area contributed by atoms with E-state index < -0.39 is 0 Å². The van der Waals surface area contributed by atoms with Crippen molar-refractivity contribution < 1.29 is 9.73 Å². The third-order valence-electron chi connectivity index (χ3n) is 3.76. The molecule has 2 aromatic heterocycles. The molecule has 1 saturated heterocycles. The van der Waals surface area contributed by atoms with Gasteiger partial charge in [0.25, 0.3) is 5.91 Å². The van der Waals surface area contributed by atoms with E-state index in [1.807, 2.05) is 20.9 Å². The lowest BCUT2D eigenvalue weighted by Gasteiger charge is -2.39. The molecule has 0 aliphatic carbocycles. The summed E-state index contributed by atoms with van der Waals surface area (Å²) < 4.78 is 1.96. The first-order chi connectivity index (χ1) is 9.81. The van der Waals surface area contributed by atoms with E-state index in [0.717, 1.165) is 29.2 Å². The van der Waals surface area contributed by atoms with E-state index in [1.165, 1.54) is 17.6 Å². The quantitative estimate of drug-likeness (QED) is 0.661. The van der Waals surface area contributed by atoms with E-state index in [1.54, 1.807) is 6.33 Å². The number of aromatic nitrogens is 2. The van der Waals surface area contributed by atoms with Crippen molar-refractivity contribution in [2.75, 3.05) is 6.54 Å². The molecule has 0 radical (unpaired) electrons. The Labute approximate surface area is 118 Å². The molecular formula is C12H11N5O2S. The van der Waals surface area contributed by atoms with Gasteiger partial charge in [0.2, 0.25) is 0 Å². The Hall–Kier alpha value is -2.19. The number of thiophene rings is 1. The lowest BCUT2D eigenvalue weighted by atomic mass is 9.98. The molecule has 7 nitrogen and oxygen atoms in total. The van der Waals surface area contributed by atoms with Crippen molar-refractivity contribution in [2.45, 2.75) is 12.5 Å². The number of amides is 1. The Bertz CT molecular complexity index is 719. The zero-order valence-corrected chi connectivity index (χ0v) is 11.2. The maximum Gasteiger partial charge on any atom is 0.266 e. The zero-order chi connectivity index (χ0) is 13.7. The van der Waals surface area contributed by atoms with Gasteiger partial charge in [-0.05, 0) is 17.9 Å². The van der Waals surface area contributed by atoms with Crippen LogP contribution in [-0.2, 0) is 4.94 Å². The fourth-order valence-corrected chi connectivity index (χ4v) is 3.61. The summed E-state index contributed by atoms with van der Waals surface area (Å²) >= 11 is 1.46. The summed E-state index contributed by atoms with van der Waals surface area (Å²) in [6, 6.07) is 1.99. The van der Waals surface area contributed by atoms with Crippen LogP contribution in [0.4, 0.5) is 0 Å². The minimum Gasteiger partial charge on any atom is -0.329 e. The lowest BCUT2D eigenvalue weighted by molar-refractivity contribution is 0.0464. The highest BCUT2D eigenvalue weighted by atomic mass is 32.1. The maximum atomic E-state index is 12.5. The van der Waals surface area contributed by atoms with Crippen LogP contribution in [0, 0.1) is 0 Å². The number of nitrogens with two attached hydrogens (primary N) is 1. The highest BCUT2D eigenvalue weighted by Crippen LogP contribution is 2.41. The number of fused-ring (bicyclic) bond motifs is 5. The predicted octanol–water partition coefficient (Wildman–Crippen LogP) is 1.06. The van der Waals surface area contributed by atoms with E-state index in [4.69, 9.17) is 5.90 Å². The van der Waals surface area contributed by atoms with Crippen LogP contribution in [-0.4, -0.2) is 33.1 Å². The second kappa shape index (κ2) is 4.15. The van der Waals surface area contributed by atoms with E-state index in [-0.39, 0.29) is 11.9 Å². The molecule has 0 saturated carbocycles. The van der Waals surface area contributed by atoms with Crippen molar-refractivity contribution in [2.24, 2.45) is 11.1 Å². The molecule has 1 fully saturated rings. The minimum absolute atomic E-state index is 0.0452. The van der Waals surface area contributed by atoms with Crippen LogP contribution in [0.2, 0.25) is 0 Å². The smallest absolute Gasteiger partial charge is 0.266 e. The molecule has 2 N–H and O–H groups in total. The standard InChI is InChI=1S/C12H11N5O2S/c13-19-15-5-7-10-8-1-3-16(8)12(18)11-9(2-4-20-11)17(10)6-14-7/h2,4-6,8H,1,3,13H2/t8-/m0/s1. The Morgan fingerprint density at radius 2 is 2.50 bits per heavy atom. The monoisotopic (exact) mass is 289 g/mol. The van der Waals surface area contributed by atoms with Gasteiger partial charge in [-0.15, -0.1) is 17.2 Å². The first-order valence-electron chi connectivity index (χ1n) is 6.16. The Morgan fingerprint density at radius 3 is 3.25 bits per heavy atom. The fourth-order valence-electron chi connectivity index (χ4n) is 2.77. The van der Waals surface area contributed by atoms with Crippen LogP contribution in [0.25, 0.3) is 5.69 Å². The van der Waals surface area contributed by atoms with Gasteiger partial charge in [0.1, 0.15) is 16.9 Å². The summed E-state index contributed by atoms with van der Waals surface area (Å²) in [5.74, 6) is 5.01. The van der Waals surface area contributed by atoms with Crippen molar-refractivity contribution >= 4 is 23.5 Å². The van der Waals surface area contributed by atoms with Gasteiger partial charge >= 0.3 is 0 Å². The second-order valence-electron chi connectivity index (χ2n) is 4.66. The number of imidazole rings is 1. The average Bonchev–Trinajstić information content (AvgIpc) is 3.00. The molecule has 4 rings (SSSR count). The van der Waals surface area contributed by atoms with Gasteiger partial charge in [-0.3, -0.25) is 9.36 Å². The molecule has 4 heterocycles. The molecule has 2 aromatic rings. The Kier molecular flexibility index (Phi) is 2.41. The molecule has 2 aliphatic heterocycles. The number of carbonyl (C=O) groups excluding carboxylic acids is 1. The van der Waals surface area contributed by atoms with Gasteiger partial charge in [-0.25, -0.2) is 4.98 Å². The normalized spacial score (nSPS) is 20.1. The van der Waals surface area contributed by atoms with Crippen LogP contribution in [0.1, 0.15) is 33.5 Å². The topological polar surface area (TPSA) is 85.7 Å². The van der Waals surface area contributed by atoms with Crippen molar-refractivity contribution in [3.05, 3.63) is 34.0 Å². The summed E-state index contributed by atoms with van der Waals surface area (Å²) in [4.78, 5) is 23.7. The molecule has 0 bridgehead atoms. The summed E-state index contributed by atoms with van der Waals surface area (Å²) in [5.41, 5.74) is 2.52. The summed E-state index contributed by atoms with van der Waals surface area (Å²) in [6.45, 7) is 0.774. The minimum atomic E-state index is 0.0452. The van der Waals surface area contributed by atoms with Crippen LogP contribution in [0.15, 0.2) is 22.9 Å². The van der Waals surface area contributed by atoms with Crippen molar-refractivity contribution in [1.29, 1.82) is 0 Å². The zero-order valence-electron chi connectivity index (χ0n) is 10.4. The first kappa shape index (κ1) is 11.6. The molecule has 1 atom stereocenters. The molecule has 20 heavy (non-hydrogen) atoms. The van der Waals surface area contributed by atoms with Crippen molar-refractivity contribution in [3.8, 4) is 5.69 Å². The Balaban J connectivity index is 1.94. The average molecular weight is 289 g/mol. The van der Waals surface area contributed by atoms with Crippen molar-refractivity contribution in [1.82, 2.24) is 14.5 Å². The van der Waals surface area contributed by atoms with Gasteiger partial charge in [-0.1, -0.05) is 5.16 Å². The summed E-state index contributed by atoms with van der Waals surface area (Å²) in [6.07, 6.45) is 4.12. The fraction of sp³-hybridized carbons (Fsp3) is 0.250. The summed E-state index contributed by atoms with van der Waals surface area (Å²) in [7, 11) is 0. The summed E-state index contributed by atoms with van der Waals surface area (Å²) in [5, 5.41) is 5.50. The van der Waals surface area contributed by atoms with Gasteiger partial charge in [0.05, 0.1) is 23.6 Å². The van der Waals surface area contributed by atoms with E-state index in [2.05, 4.69) is 15.1 Å². The van der Waals surface area contributed by atoms with Crippen LogP contribution in [0.3, 0.4) is 0 Å². The van der Waals surface area contributed by atoms with Crippen LogP contribution in [0.5, 0.6) is 0 Å². The third kappa shape index (κ3) is 1.40. The molecular weight excluding hydrogens is 278 g/mol. The van der Waals surface area contributed by atoms with Crippen LogP contribution >= 0.6 is 11.3 Å². The van der Waals surface area contributed by atoms with Crippen molar-refractivity contribution in [3.63, 3.8) is 0 Å². The van der Waals surface area contributed by atoms with Gasteiger partial charge in [0.15, 0.2) is 0 Å². The molecule has 102 valence electrons. The molecule has 0 aromatic carbocycles. The second-order valence-corrected chi connectivity index (χ2v) is 5.58. The highest BCUT2D eigenvalue weighted by Gasteiger charge is 2.41. The first-order valence-corrected chi connectivity index (χ1v) is 7.04. The van der Waals surface area contributed by atoms with E-state index in [9.17, 15) is 4.79 Å². The van der Waals surface area contributed by atoms with E-state index >= 15 is 0 Å². The molecule has 2 aliphatic rings. The van der Waals surface area contributed by atoms with Gasteiger partial charge < -0.3 is 9.84 Å². The SMILES string of the molecule is NON=Cc1ncn2c1[C@@H]1CCN1C(=O)c1sccc1-2. The van der Waals surface area contributed by atoms with Gasteiger partial charge in [-0.2, -0.15) is 0 Å². The molecule has 8 heteroatoms. The maximum absolute atomic E-state index is 12.5. The number of rotatable bonds is 2. The molecule has 1 amide bonds.